The lowest BCUT2D eigenvalue weighted by Gasteiger charge is -2.19. The zero-order valence-corrected chi connectivity index (χ0v) is 13.4. The van der Waals surface area contributed by atoms with E-state index in [4.69, 9.17) is 0 Å². The second-order valence-electron chi connectivity index (χ2n) is 6.11. The molecule has 1 atom stereocenters. The minimum atomic E-state index is -0.496. The number of aryl methyl sites for hydroxylation is 2. The molecule has 2 aromatic rings. The zero-order chi connectivity index (χ0) is 15.5. The summed E-state index contributed by atoms with van der Waals surface area (Å²) in [5.41, 5.74) is 4.21. The largest absolute Gasteiger partial charge is 0.387 e. The Bertz CT molecular complexity index is 635. The van der Waals surface area contributed by atoms with Crippen molar-refractivity contribution >= 4 is 0 Å². The first-order chi connectivity index (χ1) is 10.6. The standard InChI is InChI=1S/C17H24N4O/c1-13-5-3-6-15(18-13)7-10-20-8-4-9-21-16(12-20)11-17(19-21)14(2)22/h3,5-6,11,14,22H,4,7-10,12H2,1-2H3/t14-/m1/s1. The molecular weight excluding hydrogens is 276 g/mol. The molecular formula is C17H24N4O. The molecule has 0 amide bonds. The fourth-order valence-corrected chi connectivity index (χ4v) is 2.96. The number of nitrogens with zero attached hydrogens (tertiary/aromatic N) is 4. The van der Waals surface area contributed by atoms with Crippen LogP contribution >= 0.6 is 0 Å². The molecule has 0 spiro atoms. The van der Waals surface area contributed by atoms with Crippen molar-refractivity contribution in [3.8, 4) is 0 Å². The molecule has 5 nitrogen and oxygen atoms in total. The maximum Gasteiger partial charge on any atom is 0.0950 e. The number of rotatable bonds is 4. The van der Waals surface area contributed by atoms with E-state index < -0.39 is 6.10 Å². The number of pyridine rings is 1. The Morgan fingerprint density at radius 2 is 2.18 bits per heavy atom. The summed E-state index contributed by atoms with van der Waals surface area (Å²) in [6.45, 7) is 7.71. The molecule has 0 saturated carbocycles. The van der Waals surface area contributed by atoms with E-state index in [0.29, 0.717) is 0 Å². The Balaban J connectivity index is 1.65. The zero-order valence-electron chi connectivity index (χ0n) is 13.4. The van der Waals surface area contributed by atoms with E-state index in [1.54, 1.807) is 6.92 Å². The second-order valence-corrected chi connectivity index (χ2v) is 6.11. The number of hydrogen-bond acceptors (Lipinski definition) is 4. The predicted molar refractivity (Wildman–Crippen MR) is 85.4 cm³/mol. The molecule has 0 bridgehead atoms. The van der Waals surface area contributed by atoms with Gasteiger partial charge in [0, 0.05) is 44.0 Å². The topological polar surface area (TPSA) is 54.2 Å². The summed E-state index contributed by atoms with van der Waals surface area (Å²) in [5, 5.41) is 14.2. The number of hydrogen-bond donors (Lipinski definition) is 1. The van der Waals surface area contributed by atoms with Crippen molar-refractivity contribution in [1.29, 1.82) is 0 Å². The highest BCUT2D eigenvalue weighted by Crippen LogP contribution is 2.18. The summed E-state index contributed by atoms with van der Waals surface area (Å²) < 4.78 is 2.05. The Morgan fingerprint density at radius 3 is 2.95 bits per heavy atom. The van der Waals surface area contributed by atoms with Crippen molar-refractivity contribution in [2.24, 2.45) is 0 Å². The van der Waals surface area contributed by atoms with Gasteiger partial charge < -0.3 is 5.11 Å². The van der Waals surface area contributed by atoms with Gasteiger partial charge in [-0.05, 0) is 38.5 Å². The summed E-state index contributed by atoms with van der Waals surface area (Å²) in [7, 11) is 0. The van der Waals surface area contributed by atoms with Crippen molar-refractivity contribution < 1.29 is 5.11 Å². The van der Waals surface area contributed by atoms with E-state index in [0.717, 1.165) is 56.1 Å². The van der Waals surface area contributed by atoms with Crippen molar-refractivity contribution in [2.45, 2.75) is 45.9 Å². The lowest BCUT2D eigenvalue weighted by molar-refractivity contribution is 0.193. The van der Waals surface area contributed by atoms with E-state index >= 15 is 0 Å². The monoisotopic (exact) mass is 300 g/mol. The van der Waals surface area contributed by atoms with Gasteiger partial charge in [-0.15, -0.1) is 0 Å². The van der Waals surface area contributed by atoms with Crippen molar-refractivity contribution in [2.75, 3.05) is 13.1 Å². The number of aliphatic hydroxyl groups excluding tert-OH is 1. The van der Waals surface area contributed by atoms with Gasteiger partial charge in [0.15, 0.2) is 0 Å². The fourth-order valence-electron chi connectivity index (χ4n) is 2.96. The van der Waals surface area contributed by atoms with Gasteiger partial charge in [-0.2, -0.15) is 5.10 Å². The van der Waals surface area contributed by atoms with Gasteiger partial charge in [0.25, 0.3) is 0 Å². The van der Waals surface area contributed by atoms with Crippen LogP contribution in [0.1, 0.15) is 42.2 Å². The van der Waals surface area contributed by atoms with Gasteiger partial charge in [0.1, 0.15) is 0 Å². The third-order valence-electron chi connectivity index (χ3n) is 4.17. The van der Waals surface area contributed by atoms with Crippen molar-refractivity contribution in [3.63, 3.8) is 0 Å². The first-order valence-corrected chi connectivity index (χ1v) is 8.01. The van der Waals surface area contributed by atoms with Crippen LogP contribution in [-0.2, 0) is 19.5 Å². The molecule has 0 aromatic carbocycles. The van der Waals surface area contributed by atoms with Gasteiger partial charge in [0.2, 0.25) is 0 Å². The number of aromatic nitrogens is 3. The molecule has 3 heterocycles. The van der Waals surface area contributed by atoms with Crippen LogP contribution in [0, 0.1) is 6.92 Å². The quantitative estimate of drug-likeness (QED) is 0.939. The molecule has 2 aromatic heterocycles. The minimum Gasteiger partial charge on any atom is -0.387 e. The average Bonchev–Trinajstić information content (AvgIpc) is 2.79. The van der Waals surface area contributed by atoms with Crippen LogP contribution in [0.5, 0.6) is 0 Å². The molecule has 1 N–H and O–H groups in total. The van der Waals surface area contributed by atoms with Gasteiger partial charge in [-0.3, -0.25) is 14.6 Å². The number of aliphatic hydroxyl groups is 1. The van der Waals surface area contributed by atoms with Gasteiger partial charge in [-0.1, -0.05) is 6.07 Å². The van der Waals surface area contributed by atoms with Gasteiger partial charge in [0.05, 0.1) is 17.5 Å². The lowest BCUT2D eigenvalue weighted by atomic mass is 10.2. The molecule has 1 aliphatic heterocycles. The Labute approximate surface area is 131 Å². The first-order valence-electron chi connectivity index (χ1n) is 8.01. The van der Waals surface area contributed by atoms with Crippen LogP contribution < -0.4 is 0 Å². The molecule has 3 rings (SSSR count). The van der Waals surface area contributed by atoms with Crippen molar-refractivity contribution in [1.82, 2.24) is 19.7 Å². The third kappa shape index (κ3) is 3.54. The third-order valence-corrected chi connectivity index (χ3v) is 4.17. The Morgan fingerprint density at radius 1 is 1.32 bits per heavy atom. The van der Waals surface area contributed by atoms with E-state index in [1.807, 2.05) is 23.7 Å². The molecule has 0 fully saturated rings. The normalized spacial score (nSPS) is 17.0. The van der Waals surface area contributed by atoms with Crippen molar-refractivity contribution in [3.05, 3.63) is 47.0 Å². The van der Waals surface area contributed by atoms with Gasteiger partial charge >= 0.3 is 0 Å². The average molecular weight is 300 g/mol. The maximum atomic E-state index is 9.69. The highest BCUT2D eigenvalue weighted by Gasteiger charge is 2.18. The first kappa shape index (κ1) is 15.2. The van der Waals surface area contributed by atoms with E-state index in [-0.39, 0.29) is 0 Å². The molecule has 0 aliphatic carbocycles. The highest BCUT2D eigenvalue weighted by atomic mass is 16.3. The maximum absolute atomic E-state index is 9.69. The van der Waals surface area contributed by atoms with Crippen LogP contribution in [0.3, 0.4) is 0 Å². The Hall–Kier alpha value is -1.72. The van der Waals surface area contributed by atoms with Crippen LogP contribution in [0.2, 0.25) is 0 Å². The van der Waals surface area contributed by atoms with Crippen LogP contribution in [0.25, 0.3) is 0 Å². The summed E-state index contributed by atoms with van der Waals surface area (Å²) in [5.74, 6) is 0. The second kappa shape index (κ2) is 6.58. The fraction of sp³-hybridized carbons (Fsp3) is 0.529. The molecule has 0 unspecified atom stereocenters. The minimum absolute atomic E-state index is 0.496. The molecule has 1 aliphatic rings. The number of fused-ring (bicyclic) bond motifs is 1. The molecule has 5 heteroatoms. The smallest absolute Gasteiger partial charge is 0.0950 e. The van der Waals surface area contributed by atoms with Crippen LogP contribution in [-0.4, -0.2) is 37.9 Å². The van der Waals surface area contributed by atoms with Crippen LogP contribution in [0.15, 0.2) is 24.3 Å². The van der Waals surface area contributed by atoms with Gasteiger partial charge in [-0.25, -0.2) is 0 Å². The SMILES string of the molecule is Cc1cccc(CCN2CCCn3nc([C@@H](C)O)cc3C2)n1. The predicted octanol–water partition coefficient (Wildman–Crippen LogP) is 2.09. The summed E-state index contributed by atoms with van der Waals surface area (Å²) in [4.78, 5) is 7.03. The summed E-state index contributed by atoms with van der Waals surface area (Å²) >= 11 is 0. The van der Waals surface area contributed by atoms with E-state index in [2.05, 4.69) is 27.1 Å². The molecule has 118 valence electrons. The van der Waals surface area contributed by atoms with Crippen LogP contribution in [0.4, 0.5) is 0 Å². The highest BCUT2D eigenvalue weighted by molar-refractivity contribution is 5.13. The summed E-state index contributed by atoms with van der Waals surface area (Å²) in [6.07, 6.45) is 1.57. The Kier molecular flexibility index (Phi) is 4.55. The molecule has 0 radical (unpaired) electrons. The molecule has 0 saturated heterocycles. The van der Waals surface area contributed by atoms with E-state index in [1.165, 1.54) is 5.69 Å². The lowest BCUT2D eigenvalue weighted by Crippen LogP contribution is -2.26. The summed E-state index contributed by atoms with van der Waals surface area (Å²) in [6, 6.07) is 8.24. The molecule has 22 heavy (non-hydrogen) atoms. The van der Waals surface area contributed by atoms with E-state index in [9.17, 15) is 5.11 Å².